The fourth-order valence-electron chi connectivity index (χ4n) is 2.68. The summed E-state index contributed by atoms with van der Waals surface area (Å²) in [5.41, 5.74) is 2.59. The number of nitrogens with zero attached hydrogens (tertiary/aromatic N) is 2. The highest BCUT2D eigenvalue weighted by atomic mass is 15.5. The lowest BCUT2D eigenvalue weighted by molar-refractivity contribution is -0.918. The predicted molar refractivity (Wildman–Crippen MR) is 86.5 cm³/mol. The standard InChI is InChI=1S/C18H21N3/c1-3-7-17(8-4-1)15-19-21-13-11-20(12-14-21)16-18-9-5-2-6-10-18/h1-10,15H,11-14,16H2/p+1. The van der Waals surface area contributed by atoms with Crippen molar-refractivity contribution in [2.24, 2.45) is 5.10 Å². The molecule has 1 heterocycles. The first kappa shape index (κ1) is 13.8. The maximum absolute atomic E-state index is 4.59. The molecule has 1 fully saturated rings. The predicted octanol–water partition coefficient (Wildman–Crippen LogP) is 1.42. The SMILES string of the molecule is C(=NN1CC[NH+](Cc2ccccc2)CC1)c1ccccc1. The number of hydrogen-bond donors (Lipinski definition) is 1. The Morgan fingerprint density at radius 2 is 1.52 bits per heavy atom. The van der Waals surface area contributed by atoms with Crippen molar-refractivity contribution in [3.05, 3.63) is 71.8 Å². The minimum Gasteiger partial charge on any atom is -0.328 e. The number of quaternary nitrogens is 1. The van der Waals surface area contributed by atoms with E-state index in [1.165, 1.54) is 5.56 Å². The fraction of sp³-hybridized carbons (Fsp3) is 0.278. The first-order chi connectivity index (χ1) is 10.4. The molecular weight excluding hydrogens is 258 g/mol. The molecule has 2 aromatic carbocycles. The molecule has 0 bridgehead atoms. The summed E-state index contributed by atoms with van der Waals surface area (Å²) in [7, 11) is 0. The maximum Gasteiger partial charge on any atom is 0.103 e. The molecular formula is C18H22N3+. The van der Waals surface area contributed by atoms with E-state index >= 15 is 0 Å². The molecule has 3 nitrogen and oxygen atoms in total. The van der Waals surface area contributed by atoms with Gasteiger partial charge in [-0.15, -0.1) is 0 Å². The zero-order valence-corrected chi connectivity index (χ0v) is 12.3. The van der Waals surface area contributed by atoms with Gasteiger partial charge in [0.15, 0.2) is 0 Å². The van der Waals surface area contributed by atoms with Gasteiger partial charge in [0, 0.05) is 5.56 Å². The third-order valence-corrected chi connectivity index (χ3v) is 3.91. The van der Waals surface area contributed by atoms with Crippen molar-refractivity contribution in [3.63, 3.8) is 0 Å². The van der Waals surface area contributed by atoms with Gasteiger partial charge in [-0.25, -0.2) is 0 Å². The molecule has 0 amide bonds. The van der Waals surface area contributed by atoms with Crippen LogP contribution in [-0.4, -0.2) is 37.4 Å². The molecule has 21 heavy (non-hydrogen) atoms. The molecule has 2 aromatic rings. The van der Waals surface area contributed by atoms with Crippen LogP contribution < -0.4 is 4.90 Å². The van der Waals surface area contributed by atoms with Crippen molar-refractivity contribution in [3.8, 4) is 0 Å². The van der Waals surface area contributed by atoms with Crippen molar-refractivity contribution in [2.45, 2.75) is 6.54 Å². The highest BCUT2D eigenvalue weighted by Crippen LogP contribution is 1.98. The van der Waals surface area contributed by atoms with Gasteiger partial charge in [0.1, 0.15) is 6.54 Å². The van der Waals surface area contributed by atoms with Gasteiger partial charge in [0.25, 0.3) is 0 Å². The van der Waals surface area contributed by atoms with Crippen molar-refractivity contribution in [1.29, 1.82) is 0 Å². The Bertz CT molecular complexity index is 558. The summed E-state index contributed by atoms with van der Waals surface area (Å²) in [5, 5.41) is 6.77. The quantitative estimate of drug-likeness (QED) is 0.840. The van der Waals surface area contributed by atoms with Crippen LogP contribution >= 0.6 is 0 Å². The van der Waals surface area contributed by atoms with Crippen LogP contribution in [-0.2, 0) is 6.54 Å². The molecule has 0 atom stereocenters. The Labute approximate surface area is 126 Å². The molecule has 0 aromatic heterocycles. The third kappa shape index (κ3) is 4.17. The Balaban J connectivity index is 1.48. The molecule has 3 heteroatoms. The number of rotatable bonds is 4. The van der Waals surface area contributed by atoms with E-state index in [0.29, 0.717) is 0 Å². The second-order valence-corrected chi connectivity index (χ2v) is 5.52. The normalized spacial score (nSPS) is 16.5. The fourth-order valence-corrected chi connectivity index (χ4v) is 2.68. The zero-order chi connectivity index (χ0) is 14.3. The first-order valence-corrected chi connectivity index (χ1v) is 7.61. The van der Waals surface area contributed by atoms with Crippen LogP contribution in [0.1, 0.15) is 11.1 Å². The van der Waals surface area contributed by atoms with Crippen molar-refractivity contribution in [2.75, 3.05) is 26.2 Å². The number of piperazine rings is 1. The smallest absolute Gasteiger partial charge is 0.103 e. The molecule has 0 saturated carbocycles. The summed E-state index contributed by atoms with van der Waals surface area (Å²) in [4.78, 5) is 1.65. The number of benzene rings is 2. The topological polar surface area (TPSA) is 20.0 Å². The van der Waals surface area contributed by atoms with Crippen LogP contribution in [0.2, 0.25) is 0 Å². The Morgan fingerprint density at radius 3 is 2.19 bits per heavy atom. The van der Waals surface area contributed by atoms with Gasteiger partial charge >= 0.3 is 0 Å². The lowest BCUT2D eigenvalue weighted by Gasteiger charge is -2.30. The maximum atomic E-state index is 4.59. The van der Waals surface area contributed by atoms with Crippen LogP contribution in [0.5, 0.6) is 0 Å². The Morgan fingerprint density at radius 1 is 0.905 bits per heavy atom. The monoisotopic (exact) mass is 280 g/mol. The molecule has 0 unspecified atom stereocenters. The second-order valence-electron chi connectivity index (χ2n) is 5.52. The van der Waals surface area contributed by atoms with Crippen LogP contribution in [0.4, 0.5) is 0 Å². The van der Waals surface area contributed by atoms with Gasteiger partial charge in [-0.1, -0.05) is 60.7 Å². The van der Waals surface area contributed by atoms with E-state index in [4.69, 9.17) is 0 Å². The summed E-state index contributed by atoms with van der Waals surface area (Å²) >= 11 is 0. The van der Waals surface area contributed by atoms with E-state index < -0.39 is 0 Å². The zero-order valence-electron chi connectivity index (χ0n) is 12.3. The van der Waals surface area contributed by atoms with Gasteiger partial charge in [-0.3, -0.25) is 5.01 Å². The minimum atomic E-state index is 1.03. The van der Waals surface area contributed by atoms with E-state index in [-0.39, 0.29) is 0 Å². The second kappa shape index (κ2) is 7.04. The average molecular weight is 280 g/mol. The van der Waals surface area contributed by atoms with Crippen LogP contribution in [0.3, 0.4) is 0 Å². The van der Waals surface area contributed by atoms with Crippen molar-refractivity contribution < 1.29 is 4.90 Å². The lowest BCUT2D eigenvalue weighted by atomic mass is 10.2. The molecule has 0 spiro atoms. The van der Waals surface area contributed by atoms with Gasteiger partial charge < -0.3 is 4.90 Å². The van der Waals surface area contributed by atoms with E-state index in [1.807, 2.05) is 24.4 Å². The molecule has 1 saturated heterocycles. The van der Waals surface area contributed by atoms with Crippen LogP contribution in [0, 0.1) is 0 Å². The molecule has 3 rings (SSSR count). The average Bonchev–Trinajstić information content (AvgIpc) is 2.56. The van der Waals surface area contributed by atoms with E-state index in [0.717, 1.165) is 38.3 Å². The van der Waals surface area contributed by atoms with Gasteiger partial charge in [-0.2, -0.15) is 5.10 Å². The first-order valence-electron chi connectivity index (χ1n) is 7.61. The molecule has 1 aliphatic heterocycles. The summed E-state index contributed by atoms with van der Waals surface area (Å²) in [6.07, 6.45) is 1.96. The number of nitrogens with one attached hydrogen (secondary N) is 1. The molecule has 0 aliphatic carbocycles. The largest absolute Gasteiger partial charge is 0.328 e. The van der Waals surface area contributed by atoms with Crippen LogP contribution in [0.15, 0.2) is 65.8 Å². The van der Waals surface area contributed by atoms with Gasteiger partial charge in [0.2, 0.25) is 0 Å². The minimum absolute atomic E-state index is 1.03. The van der Waals surface area contributed by atoms with Gasteiger partial charge in [0.05, 0.1) is 32.4 Å². The number of hydrazone groups is 1. The summed E-state index contributed by atoms with van der Waals surface area (Å²) in [6, 6.07) is 21.0. The van der Waals surface area contributed by atoms with E-state index in [2.05, 4.69) is 52.6 Å². The van der Waals surface area contributed by atoms with E-state index in [9.17, 15) is 0 Å². The molecule has 1 aliphatic rings. The lowest BCUT2D eigenvalue weighted by Crippen LogP contribution is -3.13. The summed E-state index contributed by atoms with van der Waals surface area (Å²) in [5.74, 6) is 0. The molecule has 108 valence electrons. The summed E-state index contributed by atoms with van der Waals surface area (Å²) in [6.45, 7) is 5.50. The van der Waals surface area contributed by atoms with Crippen molar-refractivity contribution >= 4 is 6.21 Å². The Hall–Kier alpha value is -2.13. The third-order valence-electron chi connectivity index (χ3n) is 3.91. The number of hydrogen-bond acceptors (Lipinski definition) is 2. The highest BCUT2D eigenvalue weighted by molar-refractivity contribution is 5.79. The molecule has 1 N–H and O–H groups in total. The summed E-state index contributed by atoms with van der Waals surface area (Å²) < 4.78 is 0. The Kier molecular flexibility index (Phi) is 4.64. The molecule has 0 radical (unpaired) electrons. The van der Waals surface area contributed by atoms with Crippen molar-refractivity contribution in [1.82, 2.24) is 5.01 Å². The van der Waals surface area contributed by atoms with E-state index in [1.54, 1.807) is 4.90 Å². The van der Waals surface area contributed by atoms with Gasteiger partial charge in [-0.05, 0) is 5.56 Å². The van der Waals surface area contributed by atoms with Crippen LogP contribution in [0.25, 0.3) is 0 Å². The highest BCUT2D eigenvalue weighted by Gasteiger charge is 2.18.